The van der Waals surface area contributed by atoms with Crippen molar-refractivity contribution in [3.63, 3.8) is 0 Å². The molecule has 27 heavy (non-hydrogen) atoms. The lowest BCUT2D eigenvalue weighted by Crippen LogP contribution is -2.46. The van der Waals surface area contributed by atoms with Crippen LogP contribution in [-0.2, 0) is 14.3 Å². The summed E-state index contributed by atoms with van der Waals surface area (Å²) in [5, 5.41) is 5.12. The Bertz CT molecular complexity index is 664. The molecule has 1 aromatic rings. The van der Waals surface area contributed by atoms with Gasteiger partial charge in [0.2, 0.25) is 11.8 Å². The summed E-state index contributed by atoms with van der Waals surface area (Å²) >= 11 is 0. The highest BCUT2D eigenvalue weighted by Gasteiger charge is 2.18. The van der Waals surface area contributed by atoms with E-state index in [9.17, 15) is 14.4 Å². The Balaban J connectivity index is 0.00000676. The van der Waals surface area contributed by atoms with E-state index < -0.39 is 23.8 Å². The van der Waals surface area contributed by atoms with E-state index >= 15 is 0 Å². The number of hydrogen-bond acceptors (Lipinski definition) is 6. The van der Waals surface area contributed by atoms with Gasteiger partial charge in [-0.15, -0.1) is 12.4 Å². The molecule has 0 saturated heterocycles. The molecule has 1 atom stereocenters. The van der Waals surface area contributed by atoms with Gasteiger partial charge in [-0.3, -0.25) is 9.59 Å². The van der Waals surface area contributed by atoms with E-state index in [2.05, 4.69) is 15.4 Å². The number of ether oxygens (including phenoxy) is 2. The molecule has 0 aromatic heterocycles. The molecule has 0 aliphatic carbocycles. The Morgan fingerprint density at radius 1 is 1.15 bits per heavy atom. The molecule has 0 radical (unpaired) electrons. The summed E-state index contributed by atoms with van der Waals surface area (Å²) in [6.07, 6.45) is -0.127. The van der Waals surface area contributed by atoms with Crippen LogP contribution in [-0.4, -0.2) is 43.6 Å². The smallest absolute Gasteiger partial charge is 0.337 e. The third kappa shape index (κ3) is 7.84. The minimum atomic E-state index is -0.690. The number of nitrogens with one attached hydrogen (secondary N) is 2. The summed E-state index contributed by atoms with van der Waals surface area (Å²) in [6, 6.07) is 3.89. The normalized spacial score (nSPS) is 11.4. The summed E-state index contributed by atoms with van der Waals surface area (Å²) in [4.78, 5) is 35.7. The van der Waals surface area contributed by atoms with Crippen molar-refractivity contribution >= 4 is 35.9 Å². The van der Waals surface area contributed by atoms with Crippen LogP contribution in [0.3, 0.4) is 0 Å². The Hall–Kier alpha value is -2.32. The average Bonchev–Trinajstić information content (AvgIpc) is 2.59. The van der Waals surface area contributed by atoms with Gasteiger partial charge in [0.25, 0.3) is 0 Å². The van der Waals surface area contributed by atoms with E-state index in [4.69, 9.17) is 10.5 Å². The molecule has 0 aliphatic heterocycles. The van der Waals surface area contributed by atoms with Gasteiger partial charge in [-0.1, -0.05) is 13.8 Å². The summed E-state index contributed by atoms with van der Waals surface area (Å²) in [6.45, 7) is 7.07. The van der Waals surface area contributed by atoms with Crippen LogP contribution in [0, 0.1) is 5.92 Å². The Morgan fingerprint density at radius 3 is 2.30 bits per heavy atom. The number of amides is 2. The summed E-state index contributed by atoms with van der Waals surface area (Å²) < 4.78 is 10.3. The molecule has 8 nitrogen and oxygen atoms in total. The van der Waals surface area contributed by atoms with Crippen LogP contribution >= 0.6 is 12.4 Å². The first-order valence-electron chi connectivity index (χ1n) is 8.37. The van der Waals surface area contributed by atoms with Crippen molar-refractivity contribution in [1.82, 2.24) is 5.32 Å². The van der Waals surface area contributed by atoms with E-state index in [1.165, 1.54) is 13.2 Å². The number of carbonyl (C=O) groups is 3. The molecule has 152 valence electrons. The van der Waals surface area contributed by atoms with Crippen molar-refractivity contribution in [3.8, 4) is 5.75 Å². The Labute approximate surface area is 165 Å². The standard InChI is InChI=1S/C18H27N3O5.ClH/c1-10(2)16(19)17(23)20-9-15(22)21-13-8-12(18(24)25-5)6-7-14(13)26-11(3)4;/h6-8,10-11,16H,9,19H2,1-5H3,(H,20,23)(H,21,22);1H/t16-;/m0./s1. The summed E-state index contributed by atoms with van der Waals surface area (Å²) in [5.74, 6) is -1.04. The first kappa shape index (κ1) is 24.7. The second kappa shape index (κ2) is 11.4. The van der Waals surface area contributed by atoms with Crippen LogP contribution < -0.4 is 21.1 Å². The molecule has 2 amide bonds. The monoisotopic (exact) mass is 401 g/mol. The molecule has 0 saturated carbocycles. The number of benzene rings is 1. The van der Waals surface area contributed by atoms with Gasteiger partial charge in [0.15, 0.2) is 0 Å². The van der Waals surface area contributed by atoms with Gasteiger partial charge in [0.05, 0.1) is 37.1 Å². The van der Waals surface area contributed by atoms with Crippen LogP contribution in [0.15, 0.2) is 18.2 Å². The zero-order chi connectivity index (χ0) is 19.9. The van der Waals surface area contributed by atoms with Gasteiger partial charge in [0, 0.05) is 0 Å². The number of methoxy groups -OCH3 is 1. The minimum Gasteiger partial charge on any atom is -0.489 e. The van der Waals surface area contributed by atoms with Gasteiger partial charge >= 0.3 is 5.97 Å². The molecule has 0 spiro atoms. The van der Waals surface area contributed by atoms with Gasteiger partial charge < -0.3 is 25.8 Å². The van der Waals surface area contributed by atoms with E-state index in [1.54, 1.807) is 12.1 Å². The molecule has 0 fully saturated rings. The molecule has 0 bridgehead atoms. The zero-order valence-electron chi connectivity index (χ0n) is 16.2. The SMILES string of the molecule is COC(=O)c1ccc(OC(C)C)c(NC(=O)CNC(=O)[C@@H](N)C(C)C)c1.Cl. The molecule has 1 rings (SSSR count). The highest BCUT2D eigenvalue weighted by molar-refractivity contribution is 5.98. The van der Waals surface area contributed by atoms with E-state index in [0.717, 1.165) is 0 Å². The van der Waals surface area contributed by atoms with Gasteiger partial charge in [-0.05, 0) is 38.0 Å². The largest absolute Gasteiger partial charge is 0.489 e. The highest BCUT2D eigenvalue weighted by Crippen LogP contribution is 2.27. The van der Waals surface area contributed by atoms with E-state index in [1.807, 2.05) is 27.7 Å². The maximum atomic E-state index is 12.2. The third-order valence-electron chi connectivity index (χ3n) is 3.48. The lowest BCUT2D eigenvalue weighted by molar-refractivity contribution is -0.125. The molecule has 0 aliphatic rings. The topological polar surface area (TPSA) is 120 Å². The maximum absolute atomic E-state index is 12.2. The number of nitrogens with two attached hydrogens (primary N) is 1. The van der Waals surface area contributed by atoms with Crippen LogP contribution in [0.2, 0.25) is 0 Å². The second-order valence-corrected chi connectivity index (χ2v) is 6.40. The van der Waals surface area contributed by atoms with Crippen molar-refractivity contribution in [2.24, 2.45) is 11.7 Å². The molecule has 0 heterocycles. The molecule has 4 N–H and O–H groups in total. The molecular weight excluding hydrogens is 374 g/mol. The Kier molecular flexibility index (Phi) is 10.4. The first-order valence-corrected chi connectivity index (χ1v) is 8.37. The number of anilines is 1. The zero-order valence-corrected chi connectivity index (χ0v) is 17.0. The molecule has 9 heteroatoms. The predicted molar refractivity (Wildman–Crippen MR) is 105 cm³/mol. The number of hydrogen-bond donors (Lipinski definition) is 3. The fraction of sp³-hybridized carbons (Fsp3) is 0.500. The van der Waals surface area contributed by atoms with Crippen LogP contribution in [0.4, 0.5) is 5.69 Å². The minimum absolute atomic E-state index is 0. The van der Waals surface area contributed by atoms with Crippen molar-refractivity contribution in [1.29, 1.82) is 0 Å². The lowest BCUT2D eigenvalue weighted by Gasteiger charge is -2.17. The highest BCUT2D eigenvalue weighted by atomic mass is 35.5. The predicted octanol–water partition coefficient (Wildman–Crippen LogP) is 1.72. The van der Waals surface area contributed by atoms with E-state index in [-0.39, 0.29) is 36.5 Å². The van der Waals surface area contributed by atoms with Crippen molar-refractivity contribution in [2.75, 3.05) is 19.0 Å². The van der Waals surface area contributed by atoms with Gasteiger partial charge in [-0.2, -0.15) is 0 Å². The fourth-order valence-corrected chi connectivity index (χ4v) is 2.01. The lowest BCUT2D eigenvalue weighted by atomic mass is 10.1. The van der Waals surface area contributed by atoms with Crippen molar-refractivity contribution in [2.45, 2.75) is 39.8 Å². The fourth-order valence-electron chi connectivity index (χ4n) is 2.01. The van der Waals surface area contributed by atoms with Crippen LogP contribution in [0.5, 0.6) is 5.75 Å². The number of esters is 1. The maximum Gasteiger partial charge on any atom is 0.337 e. The third-order valence-corrected chi connectivity index (χ3v) is 3.48. The summed E-state index contributed by atoms with van der Waals surface area (Å²) in [5.41, 5.74) is 6.31. The number of rotatable bonds is 8. The van der Waals surface area contributed by atoms with E-state index in [0.29, 0.717) is 11.4 Å². The quantitative estimate of drug-likeness (QED) is 0.570. The number of halogens is 1. The summed E-state index contributed by atoms with van der Waals surface area (Å²) in [7, 11) is 1.27. The van der Waals surface area contributed by atoms with Crippen molar-refractivity contribution in [3.05, 3.63) is 23.8 Å². The van der Waals surface area contributed by atoms with Gasteiger partial charge in [-0.25, -0.2) is 4.79 Å². The second-order valence-electron chi connectivity index (χ2n) is 6.40. The Morgan fingerprint density at radius 2 is 1.78 bits per heavy atom. The van der Waals surface area contributed by atoms with Gasteiger partial charge in [0.1, 0.15) is 5.75 Å². The molecule has 1 aromatic carbocycles. The molecule has 0 unspecified atom stereocenters. The van der Waals surface area contributed by atoms with Crippen LogP contribution in [0.25, 0.3) is 0 Å². The average molecular weight is 402 g/mol. The molecular formula is C18H28ClN3O5. The first-order chi connectivity index (χ1) is 12.1. The van der Waals surface area contributed by atoms with Crippen molar-refractivity contribution < 1.29 is 23.9 Å². The van der Waals surface area contributed by atoms with Crippen LogP contribution in [0.1, 0.15) is 38.1 Å². The number of carbonyl (C=O) groups excluding carboxylic acids is 3.